The van der Waals surface area contributed by atoms with Crippen LogP contribution in [0, 0.1) is 6.92 Å². The number of rotatable bonds is 11. The normalized spacial score (nSPS) is 10.8. The molecule has 0 heterocycles. The summed E-state index contributed by atoms with van der Waals surface area (Å²) in [6.45, 7) is 1.25. The highest BCUT2D eigenvalue weighted by atomic mass is 32.2. The van der Waals surface area contributed by atoms with Gasteiger partial charge in [-0.25, -0.2) is 13.2 Å². The fraction of sp³-hybridized carbons (Fsp3) is 0.231. The molecular formula is C26H28N2O9S. The topological polar surface area (TPSA) is 138 Å². The smallest absolute Gasteiger partial charge is 0.340 e. The lowest BCUT2D eigenvalue weighted by atomic mass is 10.1. The summed E-state index contributed by atoms with van der Waals surface area (Å²) in [6.07, 6.45) is 0. The number of esters is 1. The number of aryl methyl sites for hydroxylation is 1. The fourth-order valence-corrected chi connectivity index (χ4v) is 4.56. The van der Waals surface area contributed by atoms with E-state index >= 15 is 0 Å². The van der Waals surface area contributed by atoms with Gasteiger partial charge in [-0.2, -0.15) is 0 Å². The molecule has 0 saturated heterocycles. The number of sulfonamides is 1. The Morgan fingerprint density at radius 3 is 2.05 bits per heavy atom. The number of carbonyl (C=O) groups excluding carboxylic acids is 2. The molecule has 0 aliphatic rings. The molecule has 0 fully saturated rings. The standard InChI is InChI=1S/C26H28N2O9S/c1-16-12-19(38(31,32)28-17-6-8-18(33-2)9-7-17)10-11-22(16)37-15-25(29)27-21-14-24(35-4)23(34-3)13-20(21)26(30)36-5/h6-14,28H,15H2,1-5H3,(H,27,29). The molecule has 202 valence electrons. The Balaban J connectivity index is 1.70. The van der Waals surface area contributed by atoms with E-state index in [4.69, 9.17) is 23.7 Å². The van der Waals surface area contributed by atoms with Crippen molar-refractivity contribution in [1.29, 1.82) is 0 Å². The van der Waals surface area contributed by atoms with Gasteiger partial charge in [0.25, 0.3) is 15.9 Å². The minimum atomic E-state index is -3.86. The number of carbonyl (C=O) groups is 2. The Labute approximate surface area is 220 Å². The molecule has 0 bridgehead atoms. The minimum absolute atomic E-state index is 0.0238. The van der Waals surface area contributed by atoms with Crippen LogP contribution < -0.4 is 29.0 Å². The Morgan fingerprint density at radius 2 is 1.47 bits per heavy atom. The Bertz CT molecular complexity index is 1420. The van der Waals surface area contributed by atoms with Crippen LogP contribution in [-0.2, 0) is 19.6 Å². The van der Waals surface area contributed by atoms with Crippen molar-refractivity contribution < 1.29 is 41.7 Å². The van der Waals surface area contributed by atoms with Crippen LogP contribution in [0.5, 0.6) is 23.0 Å². The number of ether oxygens (including phenoxy) is 5. The molecule has 3 aromatic carbocycles. The van der Waals surface area contributed by atoms with Crippen LogP contribution in [-0.4, -0.2) is 55.3 Å². The van der Waals surface area contributed by atoms with Crippen LogP contribution in [0.3, 0.4) is 0 Å². The first-order valence-corrected chi connectivity index (χ1v) is 12.6. The molecule has 1 amide bonds. The number of nitrogens with one attached hydrogen (secondary N) is 2. The van der Waals surface area contributed by atoms with Gasteiger partial charge in [0, 0.05) is 17.8 Å². The lowest BCUT2D eigenvalue weighted by Crippen LogP contribution is -2.22. The maximum Gasteiger partial charge on any atom is 0.340 e. The van der Waals surface area contributed by atoms with Gasteiger partial charge in [-0.3, -0.25) is 9.52 Å². The summed E-state index contributed by atoms with van der Waals surface area (Å²) >= 11 is 0. The van der Waals surface area contributed by atoms with E-state index in [0.29, 0.717) is 28.5 Å². The summed E-state index contributed by atoms with van der Waals surface area (Å²) in [5.41, 5.74) is 1.08. The number of methoxy groups -OCH3 is 4. The second kappa shape index (κ2) is 12.2. The lowest BCUT2D eigenvalue weighted by Gasteiger charge is -2.15. The molecule has 0 radical (unpaired) electrons. The average Bonchev–Trinajstić information content (AvgIpc) is 2.91. The highest BCUT2D eigenvalue weighted by Gasteiger charge is 2.20. The fourth-order valence-electron chi connectivity index (χ4n) is 3.41. The predicted molar refractivity (Wildman–Crippen MR) is 140 cm³/mol. The van der Waals surface area contributed by atoms with Gasteiger partial charge in [0.1, 0.15) is 11.5 Å². The van der Waals surface area contributed by atoms with Crippen LogP contribution >= 0.6 is 0 Å². The zero-order valence-electron chi connectivity index (χ0n) is 21.5. The SMILES string of the molecule is COC(=O)c1cc(OC)c(OC)cc1NC(=O)COc1ccc(S(=O)(=O)Nc2ccc(OC)cc2)cc1C. The minimum Gasteiger partial charge on any atom is -0.497 e. The molecule has 0 spiro atoms. The molecule has 2 N–H and O–H groups in total. The summed E-state index contributed by atoms with van der Waals surface area (Å²) < 4.78 is 54.0. The van der Waals surface area contributed by atoms with E-state index in [0.717, 1.165) is 0 Å². The largest absolute Gasteiger partial charge is 0.497 e. The molecule has 12 heteroatoms. The third kappa shape index (κ3) is 6.65. The van der Waals surface area contributed by atoms with Crippen LogP contribution in [0.15, 0.2) is 59.5 Å². The molecule has 3 rings (SSSR count). The maximum atomic E-state index is 12.8. The van der Waals surface area contributed by atoms with E-state index in [1.807, 2.05) is 0 Å². The molecule has 0 saturated carbocycles. The van der Waals surface area contributed by atoms with Crippen molar-refractivity contribution in [1.82, 2.24) is 0 Å². The molecule has 0 aliphatic carbocycles. The first kappa shape index (κ1) is 28.1. The van der Waals surface area contributed by atoms with Gasteiger partial charge in [-0.15, -0.1) is 0 Å². The maximum absolute atomic E-state index is 12.8. The van der Waals surface area contributed by atoms with Crippen molar-refractivity contribution in [3.05, 3.63) is 65.7 Å². The van der Waals surface area contributed by atoms with Crippen molar-refractivity contribution in [2.45, 2.75) is 11.8 Å². The Hall–Kier alpha value is -4.45. The molecule has 0 aliphatic heterocycles. The van der Waals surface area contributed by atoms with Crippen LogP contribution in [0.25, 0.3) is 0 Å². The zero-order chi connectivity index (χ0) is 27.9. The van der Waals surface area contributed by atoms with Crippen molar-refractivity contribution in [2.75, 3.05) is 45.1 Å². The Morgan fingerprint density at radius 1 is 0.816 bits per heavy atom. The van der Waals surface area contributed by atoms with Crippen LogP contribution in [0.2, 0.25) is 0 Å². The number of hydrogen-bond acceptors (Lipinski definition) is 9. The molecular weight excluding hydrogens is 516 g/mol. The van der Waals surface area contributed by atoms with Gasteiger partial charge in [0.2, 0.25) is 0 Å². The molecule has 0 aromatic heterocycles. The van der Waals surface area contributed by atoms with Gasteiger partial charge in [0.15, 0.2) is 18.1 Å². The molecule has 0 atom stereocenters. The van der Waals surface area contributed by atoms with E-state index in [-0.39, 0.29) is 21.9 Å². The molecule has 3 aromatic rings. The van der Waals surface area contributed by atoms with E-state index in [1.54, 1.807) is 31.2 Å². The summed E-state index contributed by atoms with van der Waals surface area (Å²) in [6, 6.07) is 13.5. The lowest BCUT2D eigenvalue weighted by molar-refractivity contribution is -0.118. The van der Waals surface area contributed by atoms with Crippen molar-refractivity contribution in [2.24, 2.45) is 0 Å². The van der Waals surface area contributed by atoms with Crippen LogP contribution in [0.4, 0.5) is 11.4 Å². The molecule has 0 unspecified atom stereocenters. The number of hydrogen-bond donors (Lipinski definition) is 2. The van der Waals surface area contributed by atoms with Crippen molar-refractivity contribution >= 4 is 33.3 Å². The molecule has 38 heavy (non-hydrogen) atoms. The van der Waals surface area contributed by atoms with E-state index in [9.17, 15) is 18.0 Å². The second-order valence-corrected chi connectivity index (χ2v) is 9.52. The summed E-state index contributed by atoms with van der Waals surface area (Å²) in [7, 11) is 1.71. The van der Waals surface area contributed by atoms with Crippen molar-refractivity contribution in [3.63, 3.8) is 0 Å². The van der Waals surface area contributed by atoms with Gasteiger partial charge < -0.3 is 29.0 Å². The highest BCUT2D eigenvalue weighted by molar-refractivity contribution is 7.92. The molecule has 11 nitrogen and oxygen atoms in total. The number of benzene rings is 3. The van der Waals surface area contributed by atoms with E-state index in [2.05, 4.69) is 10.0 Å². The van der Waals surface area contributed by atoms with E-state index in [1.165, 1.54) is 58.8 Å². The second-order valence-electron chi connectivity index (χ2n) is 7.84. The Kier molecular flexibility index (Phi) is 9.02. The predicted octanol–water partition coefficient (Wildman–Crippen LogP) is 3.63. The zero-order valence-corrected chi connectivity index (χ0v) is 22.3. The summed E-state index contributed by atoms with van der Waals surface area (Å²) in [4.78, 5) is 24.8. The summed E-state index contributed by atoms with van der Waals surface area (Å²) in [5, 5.41) is 2.60. The van der Waals surface area contributed by atoms with Gasteiger partial charge in [-0.1, -0.05) is 0 Å². The first-order valence-electron chi connectivity index (χ1n) is 11.2. The third-order valence-electron chi connectivity index (χ3n) is 5.36. The average molecular weight is 545 g/mol. The van der Waals surface area contributed by atoms with Gasteiger partial charge in [0.05, 0.1) is 44.6 Å². The number of anilines is 2. The monoisotopic (exact) mass is 544 g/mol. The van der Waals surface area contributed by atoms with Gasteiger partial charge >= 0.3 is 5.97 Å². The van der Waals surface area contributed by atoms with E-state index < -0.39 is 28.5 Å². The first-order chi connectivity index (χ1) is 18.1. The third-order valence-corrected chi connectivity index (χ3v) is 6.74. The van der Waals surface area contributed by atoms with Crippen LogP contribution in [0.1, 0.15) is 15.9 Å². The quantitative estimate of drug-likeness (QED) is 0.347. The highest BCUT2D eigenvalue weighted by Crippen LogP contribution is 2.34. The van der Waals surface area contributed by atoms with Crippen molar-refractivity contribution in [3.8, 4) is 23.0 Å². The van der Waals surface area contributed by atoms with Gasteiger partial charge in [-0.05, 0) is 55.0 Å². The summed E-state index contributed by atoms with van der Waals surface area (Å²) in [5.74, 6) is 0.241. The number of amides is 1.